The largest absolute Gasteiger partial charge is 0.376 e. The van der Waals surface area contributed by atoms with E-state index in [0.717, 1.165) is 25.0 Å². The van der Waals surface area contributed by atoms with E-state index in [2.05, 4.69) is 16.6 Å². The standard InChI is InChI=1S/C24H27N3O3/c1-3-14-27(17-22-13-8-15-30-22)24(29)25-18(2)20-11-7-12-21(16-20)26-23(28)19-9-5-4-6-10-19/h1,4-7,9-12,16,18,22H,8,13-15,17H2,2H3,(H,25,29)(H,26,28)/t18-,22-/m0/s1. The number of amides is 3. The SMILES string of the molecule is C#CCN(C[C@@H]1CCCO1)C(=O)N[C@@H](C)c1cccc(NC(=O)c2ccccc2)c1. The Kier molecular flexibility index (Phi) is 7.47. The number of rotatable bonds is 7. The molecule has 3 amide bonds. The Balaban J connectivity index is 1.62. The summed E-state index contributed by atoms with van der Waals surface area (Å²) in [5.74, 6) is 2.36. The van der Waals surface area contributed by atoms with E-state index < -0.39 is 0 Å². The summed E-state index contributed by atoms with van der Waals surface area (Å²) >= 11 is 0. The molecule has 0 saturated carbocycles. The molecule has 0 radical (unpaired) electrons. The van der Waals surface area contributed by atoms with Crippen molar-refractivity contribution in [1.29, 1.82) is 0 Å². The van der Waals surface area contributed by atoms with Gasteiger partial charge in [-0.2, -0.15) is 0 Å². The minimum absolute atomic E-state index is 0.0379. The summed E-state index contributed by atoms with van der Waals surface area (Å²) in [7, 11) is 0. The van der Waals surface area contributed by atoms with E-state index in [9.17, 15) is 9.59 Å². The molecule has 0 bridgehead atoms. The molecule has 0 aromatic heterocycles. The number of terminal acetylenes is 1. The molecule has 2 aromatic rings. The zero-order chi connectivity index (χ0) is 21.3. The van der Waals surface area contributed by atoms with Crippen molar-refractivity contribution in [2.24, 2.45) is 0 Å². The molecule has 0 aliphatic carbocycles. The Bertz CT molecular complexity index is 901. The lowest BCUT2D eigenvalue weighted by Gasteiger charge is -2.26. The molecule has 2 aromatic carbocycles. The van der Waals surface area contributed by atoms with Crippen LogP contribution in [0.3, 0.4) is 0 Å². The maximum atomic E-state index is 12.7. The minimum Gasteiger partial charge on any atom is -0.376 e. The van der Waals surface area contributed by atoms with Crippen molar-refractivity contribution in [3.63, 3.8) is 0 Å². The van der Waals surface area contributed by atoms with Crippen molar-refractivity contribution >= 4 is 17.6 Å². The number of hydrogen-bond acceptors (Lipinski definition) is 3. The number of anilines is 1. The van der Waals surface area contributed by atoms with Crippen LogP contribution in [0.25, 0.3) is 0 Å². The van der Waals surface area contributed by atoms with E-state index in [1.807, 2.05) is 49.4 Å². The highest BCUT2D eigenvalue weighted by Gasteiger charge is 2.23. The number of benzene rings is 2. The van der Waals surface area contributed by atoms with Crippen LogP contribution in [0.5, 0.6) is 0 Å². The van der Waals surface area contributed by atoms with Gasteiger partial charge < -0.3 is 20.3 Å². The first-order valence-electron chi connectivity index (χ1n) is 10.1. The number of carbonyl (C=O) groups excluding carboxylic acids is 2. The van der Waals surface area contributed by atoms with Crippen LogP contribution in [0.2, 0.25) is 0 Å². The molecule has 0 unspecified atom stereocenters. The molecule has 1 fully saturated rings. The van der Waals surface area contributed by atoms with Gasteiger partial charge in [0.1, 0.15) is 0 Å². The summed E-state index contributed by atoms with van der Waals surface area (Å²) in [5, 5.41) is 5.88. The number of urea groups is 1. The first kappa shape index (κ1) is 21.4. The molecule has 1 saturated heterocycles. The lowest BCUT2D eigenvalue weighted by atomic mass is 10.1. The molecule has 3 rings (SSSR count). The number of hydrogen-bond donors (Lipinski definition) is 2. The molecule has 156 valence electrons. The molecule has 2 N–H and O–H groups in total. The zero-order valence-electron chi connectivity index (χ0n) is 17.1. The zero-order valence-corrected chi connectivity index (χ0v) is 17.1. The maximum absolute atomic E-state index is 12.7. The van der Waals surface area contributed by atoms with Gasteiger partial charge in [-0.1, -0.05) is 36.3 Å². The summed E-state index contributed by atoms with van der Waals surface area (Å²) in [6.45, 7) is 3.34. The average molecular weight is 405 g/mol. The van der Waals surface area contributed by atoms with E-state index in [4.69, 9.17) is 11.2 Å². The molecule has 0 spiro atoms. The Morgan fingerprint density at radius 2 is 2.03 bits per heavy atom. The van der Waals surface area contributed by atoms with Crippen LogP contribution in [0.1, 0.15) is 41.7 Å². The average Bonchev–Trinajstić information content (AvgIpc) is 3.27. The van der Waals surface area contributed by atoms with E-state index in [-0.39, 0.29) is 30.6 Å². The quantitative estimate of drug-likeness (QED) is 0.688. The van der Waals surface area contributed by atoms with Gasteiger partial charge in [0, 0.05) is 24.4 Å². The van der Waals surface area contributed by atoms with Crippen LogP contribution in [0.4, 0.5) is 10.5 Å². The van der Waals surface area contributed by atoms with Crippen LogP contribution in [-0.4, -0.2) is 42.6 Å². The predicted octanol–water partition coefficient (Wildman–Crippen LogP) is 3.82. The highest BCUT2D eigenvalue weighted by atomic mass is 16.5. The third-order valence-corrected chi connectivity index (χ3v) is 5.04. The number of carbonyl (C=O) groups is 2. The predicted molar refractivity (Wildman–Crippen MR) is 117 cm³/mol. The number of nitrogens with zero attached hydrogens (tertiary/aromatic N) is 1. The van der Waals surface area contributed by atoms with Crippen LogP contribution in [0.15, 0.2) is 54.6 Å². The third-order valence-electron chi connectivity index (χ3n) is 5.04. The van der Waals surface area contributed by atoms with Gasteiger partial charge in [-0.05, 0) is 49.6 Å². The number of ether oxygens (including phenoxy) is 1. The van der Waals surface area contributed by atoms with Crippen molar-refractivity contribution < 1.29 is 14.3 Å². The van der Waals surface area contributed by atoms with Crippen LogP contribution < -0.4 is 10.6 Å². The van der Waals surface area contributed by atoms with Crippen molar-refractivity contribution in [2.75, 3.05) is 25.0 Å². The molecular weight excluding hydrogens is 378 g/mol. The Morgan fingerprint density at radius 3 is 2.73 bits per heavy atom. The van der Waals surface area contributed by atoms with Gasteiger partial charge in [0.05, 0.1) is 18.7 Å². The van der Waals surface area contributed by atoms with Crippen molar-refractivity contribution in [3.8, 4) is 12.3 Å². The third kappa shape index (κ3) is 5.85. The second-order valence-electron chi connectivity index (χ2n) is 7.34. The van der Waals surface area contributed by atoms with Crippen molar-refractivity contribution in [1.82, 2.24) is 10.2 Å². The van der Waals surface area contributed by atoms with Crippen molar-refractivity contribution in [2.45, 2.75) is 31.9 Å². The summed E-state index contributed by atoms with van der Waals surface area (Å²) in [5.41, 5.74) is 2.14. The van der Waals surface area contributed by atoms with Gasteiger partial charge in [0.2, 0.25) is 0 Å². The van der Waals surface area contributed by atoms with E-state index >= 15 is 0 Å². The van der Waals surface area contributed by atoms with E-state index in [1.54, 1.807) is 17.0 Å². The van der Waals surface area contributed by atoms with Gasteiger partial charge in [0.15, 0.2) is 0 Å². The summed E-state index contributed by atoms with van der Waals surface area (Å²) in [6, 6.07) is 16.0. The van der Waals surface area contributed by atoms with Crippen LogP contribution in [-0.2, 0) is 4.74 Å². The second-order valence-corrected chi connectivity index (χ2v) is 7.34. The lowest BCUT2D eigenvalue weighted by Crippen LogP contribution is -2.44. The Labute approximate surface area is 177 Å². The topological polar surface area (TPSA) is 70.7 Å². The van der Waals surface area contributed by atoms with E-state index in [0.29, 0.717) is 17.8 Å². The summed E-state index contributed by atoms with van der Waals surface area (Å²) in [6.07, 6.45) is 7.43. The fraction of sp³-hybridized carbons (Fsp3) is 0.333. The molecule has 6 nitrogen and oxygen atoms in total. The minimum atomic E-state index is -0.254. The summed E-state index contributed by atoms with van der Waals surface area (Å²) in [4.78, 5) is 26.7. The first-order valence-corrected chi connectivity index (χ1v) is 10.1. The molecule has 1 aliphatic heterocycles. The molecular formula is C24H27N3O3. The van der Waals surface area contributed by atoms with Gasteiger partial charge >= 0.3 is 6.03 Å². The maximum Gasteiger partial charge on any atom is 0.318 e. The molecule has 2 atom stereocenters. The first-order chi connectivity index (χ1) is 14.6. The Hall–Kier alpha value is -3.30. The smallest absolute Gasteiger partial charge is 0.318 e. The van der Waals surface area contributed by atoms with Crippen molar-refractivity contribution in [3.05, 3.63) is 65.7 Å². The molecule has 1 heterocycles. The normalized spacial score (nSPS) is 16.3. The highest BCUT2D eigenvalue weighted by molar-refractivity contribution is 6.04. The lowest BCUT2D eigenvalue weighted by molar-refractivity contribution is 0.0842. The molecule has 1 aliphatic rings. The fourth-order valence-corrected chi connectivity index (χ4v) is 3.40. The highest BCUT2D eigenvalue weighted by Crippen LogP contribution is 2.19. The van der Waals surface area contributed by atoms with E-state index in [1.165, 1.54) is 0 Å². The molecule has 30 heavy (non-hydrogen) atoms. The van der Waals surface area contributed by atoms with Crippen LogP contribution >= 0.6 is 0 Å². The second kappa shape index (κ2) is 10.5. The van der Waals surface area contributed by atoms with Gasteiger partial charge in [0.25, 0.3) is 5.91 Å². The monoisotopic (exact) mass is 405 g/mol. The fourth-order valence-electron chi connectivity index (χ4n) is 3.40. The van der Waals surface area contributed by atoms with Gasteiger partial charge in [-0.25, -0.2) is 4.79 Å². The molecule has 6 heteroatoms. The summed E-state index contributed by atoms with van der Waals surface area (Å²) < 4.78 is 5.63. The Morgan fingerprint density at radius 1 is 1.23 bits per heavy atom. The van der Waals surface area contributed by atoms with Gasteiger partial charge in [-0.3, -0.25) is 4.79 Å². The number of nitrogens with one attached hydrogen (secondary N) is 2. The van der Waals surface area contributed by atoms with Crippen LogP contribution in [0, 0.1) is 12.3 Å². The van der Waals surface area contributed by atoms with Gasteiger partial charge in [-0.15, -0.1) is 6.42 Å².